The summed E-state index contributed by atoms with van der Waals surface area (Å²) < 4.78 is 28.2. The largest absolute Gasteiger partial charge is 0.481 e. The normalized spacial score (nSPS) is 22.9. The van der Waals surface area contributed by atoms with Gasteiger partial charge in [-0.3, -0.25) is 4.79 Å². The van der Waals surface area contributed by atoms with Gasteiger partial charge in [-0.25, -0.2) is 4.72 Å². The maximum absolute atomic E-state index is 12.2. The van der Waals surface area contributed by atoms with Crippen LogP contribution in [0.4, 0.5) is 0 Å². The maximum atomic E-state index is 12.2. The second kappa shape index (κ2) is 7.38. The van der Waals surface area contributed by atoms with Crippen molar-refractivity contribution in [3.63, 3.8) is 0 Å². The van der Waals surface area contributed by atoms with Gasteiger partial charge in [0.1, 0.15) is 0 Å². The summed E-state index contributed by atoms with van der Waals surface area (Å²) in [7, 11) is -3.56. The Bertz CT molecular complexity index is 422. The predicted octanol–water partition coefficient (Wildman–Crippen LogP) is 1.30. The van der Waals surface area contributed by atoms with Crippen molar-refractivity contribution < 1.29 is 18.3 Å². The van der Waals surface area contributed by atoms with Crippen LogP contribution >= 0.6 is 0 Å². The van der Waals surface area contributed by atoms with Gasteiger partial charge in [-0.15, -0.1) is 0 Å². The van der Waals surface area contributed by atoms with Gasteiger partial charge in [-0.2, -0.15) is 12.7 Å². The molecule has 0 aromatic heterocycles. The highest BCUT2D eigenvalue weighted by Crippen LogP contribution is 2.18. The average molecular weight is 306 g/mol. The third-order valence-electron chi connectivity index (χ3n) is 3.58. The molecule has 2 unspecified atom stereocenters. The number of nitrogens with one attached hydrogen (secondary N) is 1. The smallest absolute Gasteiger partial charge is 0.307 e. The molecule has 0 saturated carbocycles. The zero-order chi connectivity index (χ0) is 15.3. The molecule has 1 rings (SSSR count). The van der Waals surface area contributed by atoms with Gasteiger partial charge in [0.2, 0.25) is 0 Å². The van der Waals surface area contributed by atoms with Crippen LogP contribution in [0.5, 0.6) is 0 Å². The molecule has 1 saturated heterocycles. The van der Waals surface area contributed by atoms with E-state index in [9.17, 15) is 13.2 Å². The molecular weight excluding hydrogens is 280 g/mol. The van der Waals surface area contributed by atoms with E-state index in [1.54, 1.807) is 0 Å². The molecule has 0 spiro atoms. The lowest BCUT2D eigenvalue weighted by molar-refractivity contribution is -0.142. The molecule has 0 radical (unpaired) electrons. The number of rotatable bonds is 7. The SMILES string of the molecule is CC(C)CC(CNS(=O)(=O)N1CCCC(C)C1)C(=O)O. The fraction of sp³-hybridized carbons (Fsp3) is 0.923. The standard InChI is InChI=1S/C13H26N2O4S/c1-10(2)7-12(13(16)17)8-14-20(18,19)15-6-4-5-11(3)9-15/h10-12,14H,4-9H2,1-3H3,(H,16,17). The Morgan fingerprint density at radius 1 is 1.45 bits per heavy atom. The van der Waals surface area contributed by atoms with Crippen LogP contribution in [-0.2, 0) is 15.0 Å². The fourth-order valence-electron chi connectivity index (χ4n) is 2.50. The van der Waals surface area contributed by atoms with Crippen LogP contribution in [0.15, 0.2) is 0 Å². The van der Waals surface area contributed by atoms with Crippen LogP contribution in [-0.4, -0.2) is 43.4 Å². The van der Waals surface area contributed by atoms with E-state index in [4.69, 9.17) is 5.11 Å². The zero-order valence-electron chi connectivity index (χ0n) is 12.5. The summed E-state index contributed by atoms with van der Waals surface area (Å²) >= 11 is 0. The highest BCUT2D eigenvalue weighted by molar-refractivity contribution is 7.87. The van der Waals surface area contributed by atoms with E-state index in [0.717, 1.165) is 12.8 Å². The molecule has 2 N–H and O–H groups in total. The van der Waals surface area contributed by atoms with Crippen LogP contribution in [0.3, 0.4) is 0 Å². The molecule has 2 atom stereocenters. The van der Waals surface area contributed by atoms with Gasteiger partial charge < -0.3 is 5.11 Å². The molecule has 7 heteroatoms. The number of hydrogen-bond donors (Lipinski definition) is 2. The first-order chi connectivity index (χ1) is 9.22. The molecule has 0 aromatic carbocycles. The second-order valence-corrected chi connectivity index (χ2v) is 7.88. The molecule has 1 heterocycles. The number of piperidine rings is 1. The van der Waals surface area contributed by atoms with Crippen LogP contribution < -0.4 is 4.72 Å². The van der Waals surface area contributed by atoms with Crippen molar-refractivity contribution in [2.75, 3.05) is 19.6 Å². The Hall–Kier alpha value is -0.660. The number of carboxylic acid groups (broad SMARTS) is 1. The number of nitrogens with zero attached hydrogens (tertiary/aromatic N) is 1. The Kier molecular flexibility index (Phi) is 6.42. The molecule has 0 aromatic rings. The topological polar surface area (TPSA) is 86.7 Å². The summed E-state index contributed by atoms with van der Waals surface area (Å²) in [6.07, 6.45) is 2.36. The maximum Gasteiger partial charge on any atom is 0.307 e. The minimum Gasteiger partial charge on any atom is -0.481 e. The molecule has 1 aliphatic heterocycles. The van der Waals surface area contributed by atoms with Crippen molar-refractivity contribution >= 4 is 16.2 Å². The van der Waals surface area contributed by atoms with Gasteiger partial charge in [0.15, 0.2) is 0 Å². The van der Waals surface area contributed by atoms with Crippen LogP contribution in [0.1, 0.15) is 40.0 Å². The van der Waals surface area contributed by atoms with E-state index in [1.165, 1.54) is 4.31 Å². The van der Waals surface area contributed by atoms with Gasteiger partial charge >= 0.3 is 5.97 Å². The average Bonchev–Trinajstić information content (AvgIpc) is 2.33. The lowest BCUT2D eigenvalue weighted by atomic mass is 9.98. The van der Waals surface area contributed by atoms with E-state index in [0.29, 0.717) is 25.4 Å². The number of hydrogen-bond acceptors (Lipinski definition) is 3. The lowest BCUT2D eigenvalue weighted by Crippen LogP contribution is -2.47. The van der Waals surface area contributed by atoms with E-state index >= 15 is 0 Å². The van der Waals surface area contributed by atoms with Crippen LogP contribution in [0.2, 0.25) is 0 Å². The summed E-state index contributed by atoms with van der Waals surface area (Å²) in [4.78, 5) is 11.1. The highest BCUT2D eigenvalue weighted by atomic mass is 32.2. The molecule has 6 nitrogen and oxygen atoms in total. The summed E-state index contributed by atoms with van der Waals surface area (Å²) in [6.45, 7) is 6.87. The molecule has 0 bridgehead atoms. The quantitative estimate of drug-likeness (QED) is 0.742. The van der Waals surface area contributed by atoms with E-state index in [1.807, 2.05) is 20.8 Å². The Labute approximate surface area is 121 Å². The fourth-order valence-corrected chi connectivity index (χ4v) is 3.92. The van der Waals surface area contributed by atoms with Gasteiger partial charge in [0, 0.05) is 19.6 Å². The summed E-state index contributed by atoms with van der Waals surface area (Å²) in [6, 6.07) is 0. The Morgan fingerprint density at radius 3 is 2.60 bits per heavy atom. The molecule has 1 aliphatic rings. The molecule has 0 amide bonds. The molecule has 118 valence electrons. The summed E-state index contributed by atoms with van der Waals surface area (Å²) in [5.74, 6) is -1.05. The van der Waals surface area contributed by atoms with Crippen LogP contribution in [0, 0.1) is 17.8 Å². The lowest BCUT2D eigenvalue weighted by Gasteiger charge is -2.30. The van der Waals surface area contributed by atoms with E-state index in [2.05, 4.69) is 4.72 Å². The minimum atomic E-state index is -3.56. The van der Waals surface area contributed by atoms with Crippen molar-refractivity contribution in [2.45, 2.75) is 40.0 Å². The number of carboxylic acids is 1. The Morgan fingerprint density at radius 2 is 2.10 bits per heavy atom. The Balaban J connectivity index is 2.58. The van der Waals surface area contributed by atoms with Crippen molar-refractivity contribution in [3.8, 4) is 0 Å². The van der Waals surface area contributed by atoms with E-state index < -0.39 is 22.1 Å². The van der Waals surface area contributed by atoms with Crippen LogP contribution in [0.25, 0.3) is 0 Å². The predicted molar refractivity (Wildman–Crippen MR) is 77.5 cm³/mol. The first-order valence-corrected chi connectivity index (χ1v) is 8.64. The van der Waals surface area contributed by atoms with Crippen molar-refractivity contribution in [1.82, 2.24) is 9.03 Å². The molecule has 0 aliphatic carbocycles. The minimum absolute atomic E-state index is 0.0409. The highest BCUT2D eigenvalue weighted by Gasteiger charge is 2.28. The summed E-state index contributed by atoms with van der Waals surface area (Å²) in [5.41, 5.74) is 0. The number of carbonyl (C=O) groups is 1. The molecule has 1 fully saturated rings. The first kappa shape index (κ1) is 17.4. The van der Waals surface area contributed by atoms with Crippen molar-refractivity contribution in [2.24, 2.45) is 17.8 Å². The second-order valence-electron chi connectivity index (χ2n) is 6.12. The van der Waals surface area contributed by atoms with Gasteiger partial charge in [0.25, 0.3) is 10.2 Å². The summed E-state index contributed by atoms with van der Waals surface area (Å²) in [5, 5.41) is 9.12. The van der Waals surface area contributed by atoms with Crippen molar-refractivity contribution in [1.29, 1.82) is 0 Å². The molecular formula is C13H26N2O4S. The third-order valence-corrected chi connectivity index (χ3v) is 5.12. The monoisotopic (exact) mass is 306 g/mol. The zero-order valence-corrected chi connectivity index (χ0v) is 13.3. The van der Waals surface area contributed by atoms with E-state index in [-0.39, 0.29) is 12.5 Å². The first-order valence-electron chi connectivity index (χ1n) is 7.20. The third kappa shape index (κ3) is 5.38. The van der Waals surface area contributed by atoms with Gasteiger partial charge in [0.05, 0.1) is 5.92 Å². The molecule has 20 heavy (non-hydrogen) atoms. The number of aliphatic carboxylic acids is 1. The van der Waals surface area contributed by atoms with Gasteiger partial charge in [-0.05, 0) is 31.1 Å². The van der Waals surface area contributed by atoms with Gasteiger partial charge in [-0.1, -0.05) is 20.8 Å². The van der Waals surface area contributed by atoms with Crippen molar-refractivity contribution in [3.05, 3.63) is 0 Å².